The summed E-state index contributed by atoms with van der Waals surface area (Å²) in [5.74, 6) is 0.579. The van der Waals surface area contributed by atoms with Gasteiger partial charge >= 0.3 is 11.9 Å². The van der Waals surface area contributed by atoms with E-state index in [9.17, 15) is 9.59 Å². The molecule has 0 radical (unpaired) electrons. The predicted octanol–water partition coefficient (Wildman–Crippen LogP) is 6.20. The van der Waals surface area contributed by atoms with Crippen molar-refractivity contribution in [2.75, 3.05) is 25.7 Å². The third-order valence-corrected chi connectivity index (χ3v) is 5.89. The average molecular weight is 532 g/mol. The Bertz CT molecular complexity index is 952. The fourth-order valence-corrected chi connectivity index (χ4v) is 3.88. The second kappa shape index (κ2) is 13.1. The molecule has 2 aromatic carbocycles. The van der Waals surface area contributed by atoms with E-state index in [-0.39, 0.29) is 19.0 Å². The lowest BCUT2D eigenvalue weighted by Crippen LogP contribution is -2.30. The second-order valence-corrected chi connectivity index (χ2v) is 9.35. The van der Waals surface area contributed by atoms with Crippen molar-refractivity contribution in [2.24, 2.45) is 0 Å². The Labute approximate surface area is 215 Å². The van der Waals surface area contributed by atoms with Gasteiger partial charge < -0.3 is 18.9 Å². The Kier molecular flexibility index (Phi) is 10.8. The number of esters is 2. The lowest BCUT2D eigenvalue weighted by Gasteiger charge is -2.27. The molecular weight excluding hydrogens is 503 g/mol. The van der Waals surface area contributed by atoms with Crippen LogP contribution in [0.3, 0.4) is 0 Å². The summed E-state index contributed by atoms with van der Waals surface area (Å²) in [5.41, 5.74) is 1.53. The molecule has 0 saturated heterocycles. The van der Waals surface area contributed by atoms with Crippen molar-refractivity contribution in [1.29, 1.82) is 0 Å². The number of carbonyl (C=O) groups excluding carboxylic acids is 2. The molecule has 2 rings (SSSR count). The van der Waals surface area contributed by atoms with Crippen LogP contribution in [-0.2, 0) is 24.5 Å². The summed E-state index contributed by atoms with van der Waals surface area (Å²) in [5, 5.41) is 0.622. The molecule has 9 heteroatoms. The summed E-state index contributed by atoms with van der Waals surface area (Å²) in [7, 11) is 0. The molecular formula is C25H29Cl3O6. The van der Waals surface area contributed by atoms with Crippen LogP contribution in [0.2, 0.25) is 10.0 Å². The Morgan fingerprint density at radius 2 is 1.53 bits per heavy atom. The number of carbonyl (C=O) groups is 2. The zero-order valence-corrected chi connectivity index (χ0v) is 21.9. The maximum Gasteiger partial charge on any atom is 0.303 e. The van der Waals surface area contributed by atoms with Crippen LogP contribution in [0.1, 0.15) is 45.2 Å². The van der Waals surface area contributed by atoms with Gasteiger partial charge in [0.25, 0.3) is 0 Å². The molecule has 34 heavy (non-hydrogen) atoms. The van der Waals surface area contributed by atoms with Gasteiger partial charge in [-0.25, -0.2) is 0 Å². The van der Waals surface area contributed by atoms with Crippen LogP contribution >= 0.6 is 34.8 Å². The topological polar surface area (TPSA) is 71.1 Å². The van der Waals surface area contributed by atoms with Crippen LogP contribution in [0.5, 0.6) is 11.5 Å². The molecule has 0 unspecified atom stereocenters. The monoisotopic (exact) mass is 530 g/mol. The normalized spacial score (nSPS) is 12.1. The molecule has 0 fully saturated rings. The highest BCUT2D eigenvalue weighted by Gasteiger charge is 2.26. The number of rotatable bonds is 12. The van der Waals surface area contributed by atoms with E-state index in [0.29, 0.717) is 22.5 Å². The number of benzene rings is 2. The summed E-state index contributed by atoms with van der Waals surface area (Å²) in [4.78, 5) is 22.4. The van der Waals surface area contributed by atoms with Crippen molar-refractivity contribution in [3.8, 4) is 11.5 Å². The first kappa shape index (κ1) is 28.1. The lowest BCUT2D eigenvalue weighted by molar-refractivity contribution is -0.158. The Hall–Kier alpha value is -2.15. The van der Waals surface area contributed by atoms with Crippen LogP contribution in [-0.4, -0.2) is 43.7 Å². The maximum absolute atomic E-state index is 11.3. The van der Waals surface area contributed by atoms with Gasteiger partial charge in [0.15, 0.2) is 11.9 Å². The van der Waals surface area contributed by atoms with Crippen LogP contribution in [0.4, 0.5) is 0 Å². The van der Waals surface area contributed by atoms with E-state index in [1.807, 2.05) is 24.3 Å². The second-order valence-electron chi connectivity index (χ2n) is 8.15. The molecule has 0 aromatic heterocycles. The fraction of sp³-hybridized carbons (Fsp3) is 0.440. The number of alkyl halides is 1. The molecule has 0 heterocycles. The molecule has 6 nitrogen and oxygen atoms in total. The van der Waals surface area contributed by atoms with E-state index in [1.165, 1.54) is 13.8 Å². The van der Waals surface area contributed by atoms with Gasteiger partial charge in [-0.3, -0.25) is 9.59 Å². The molecule has 1 atom stereocenters. The molecule has 0 aliphatic carbocycles. The van der Waals surface area contributed by atoms with Gasteiger partial charge in [0.05, 0.1) is 16.7 Å². The van der Waals surface area contributed by atoms with E-state index >= 15 is 0 Å². The Balaban J connectivity index is 2.16. The van der Waals surface area contributed by atoms with Crippen molar-refractivity contribution in [3.63, 3.8) is 0 Å². The molecule has 0 aliphatic rings. The summed E-state index contributed by atoms with van der Waals surface area (Å²) < 4.78 is 21.5. The van der Waals surface area contributed by atoms with Gasteiger partial charge in [-0.1, -0.05) is 49.2 Å². The largest absolute Gasteiger partial charge is 0.494 e. The van der Waals surface area contributed by atoms with Crippen LogP contribution < -0.4 is 9.47 Å². The van der Waals surface area contributed by atoms with Crippen molar-refractivity contribution in [1.82, 2.24) is 0 Å². The first-order valence-corrected chi connectivity index (χ1v) is 12.1. The van der Waals surface area contributed by atoms with Gasteiger partial charge in [-0.15, -0.1) is 11.6 Å². The number of ether oxygens (including phenoxy) is 4. The van der Waals surface area contributed by atoms with Crippen molar-refractivity contribution < 1.29 is 28.5 Å². The van der Waals surface area contributed by atoms with Crippen molar-refractivity contribution in [3.05, 3.63) is 57.6 Å². The van der Waals surface area contributed by atoms with E-state index in [1.54, 1.807) is 12.1 Å². The number of hydrogen-bond donors (Lipinski definition) is 0. The van der Waals surface area contributed by atoms with E-state index in [4.69, 9.17) is 53.8 Å². The van der Waals surface area contributed by atoms with Crippen LogP contribution in [0, 0.1) is 0 Å². The van der Waals surface area contributed by atoms with Gasteiger partial charge in [0.1, 0.15) is 19.0 Å². The van der Waals surface area contributed by atoms with Crippen LogP contribution in [0.25, 0.3) is 0 Å². The molecule has 0 amide bonds. The third kappa shape index (κ3) is 8.26. The van der Waals surface area contributed by atoms with Gasteiger partial charge in [0, 0.05) is 25.1 Å². The number of hydrogen-bond acceptors (Lipinski definition) is 6. The zero-order valence-electron chi connectivity index (χ0n) is 19.7. The fourth-order valence-electron chi connectivity index (χ4n) is 3.18. The molecule has 0 spiro atoms. The minimum Gasteiger partial charge on any atom is -0.494 e. The standard InChI is InChI=1S/C25H29Cl3O6/c1-16(29)32-14-21(34-17(2)30)15-33-24-22(27)12-19(13-23(24)28)25(3,4)18-6-8-20(9-7-18)31-11-5-10-26/h6-9,12-13,21H,5,10-11,14-15H2,1-4H3/t21-/m0/s1. The van der Waals surface area contributed by atoms with Crippen LogP contribution in [0.15, 0.2) is 36.4 Å². The first-order chi connectivity index (χ1) is 16.0. The van der Waals surface area contributed by atoms with E-state index in [0.717, 1.165) is 23.3 Å². The molecule has 0 saturated carbocycles. The molecule has 0 bridgehead atoms. The Morgan fingerprint density at radius 3 is 2.06 bits per heavy atom. The summed E-state index contributed by atoms with van der Waals surface area (Å²) in [6.45, 7) is 7.00. The minimum atomic E-state index is -0.796. The smallest absolute Gasteiger partial charge is 0.303 e. The van der Waals surface area contributed by atoms with Gasteiger partial charge in [0.2, 0.25) is 0 Å². The third-order valence-electron chi connectivity index (χ3n) is 5.06. The van der Waals surface area contributed by atoms with E-state index < -0.39 is 23.5 Å². The van der Waals surface area contributed by atoms with E-state index in [2.05, 4.69) is 13.8 Å². The number of halogens is 3. The van der Waals surface area contributed by atoms with Crippen molar-refractivity contribution in [2.45, 2.75) is 45.6 Å². The summed E-state index contributed by atoms with van der Waals surface area (Å²) in [6, 6.07) is 11.4. The minimum absolute atomic E-state index is 0.0831. The highest BCUT2D eigenvalue weighted by Crippen LogP contribution is 2.40. The molecule has 186 valence electrons. The SMILES string of the molecule is CC(=O)OC[C@@H](COc1c(Cl)cc(C(C)(C)c2ccc(OCCCCl)cc2)cc1Cl)OC(C)=O. The highest BCUT2D eigenvalue weighted by molar-refractivity contribution is 6.37. The average Bonchev–Trinajstić information content (AvgIpc) is 2.76. The lowest BCUT2D eigenvalue weighted by atomic mass is 9.78. The van der Waals surface area contributed by atoms with Crippen molar-refractivity contribution >= 4 is 46.7 Å². The summed E-state index contributed by atoms with van der Waals surface area (Å²) in [6.07, 6.45) is -0.0131. The predicted molar refractivity (Wildman–Crippen MR) is 134 cm³/mol. The Morgan fingerprint density at radius 1 is 0.912 bits per heavy atom. The van der Waals surface area contributed by atoms with Gasteiger partial charge in [-0.05, 0) is 41.8 Å². The molecule has 0 aliphatic heterocycles. The first-order valence-electron chi connectivity index (χ1n) is 10.8. The molecule has 2 aromatic rings. The maximum atomic E-state index is 11.3. The molecule has 0 N–H and O–H groups in total. The highest BCUT2D eigenvalue weighted by atomic mass is 35.5. The summed E-state index contributed by atoms with van der Waals surface area (Å²) >= 11 is 18.7. The quantitative estimate of drug-likeness (QED) is 0.184. The zero-order chi connectivity index (χ0) is 25.3. The van der Waals surface area contributed by atoms with Gasteiger partial charge in [-0.2, -0.15) is 0 Å².